The van der Waals surface area contributed by atoms with Crippen molar-refractivity contribution < 1.29 is 10.2 Å². The Morgan fingerprint density at radius 1 is 1.00 bits per heavy atom. The highest BCUT2D eigenvalue weighted by Crippen LogP contribution is 2.25. The zero-order chi connectivity index (χ0) is 8.41. The first kappa shape index (κ1) is 10.9. The van der Waals surface area contributed by atoms with Gasteiger partial charge in [-0.3, -0.25) is 0 Å². The van der Waals surface area contributed by atoms with E-state index < -0.39 is 11.2 Å². The molecule has 0 unspecified atom stereocenters. The lowest BCUT2D eigenvalue weighted by Crippen LogP contribution is -2.52. The molecule has 0 aliphatic rings. The highest BCUT2D eigenvalue weighted by Gasteiger charge is 2.39. The van der Waals surface area contributed by atoms with Crippen LogP contribution in [0.2, 0.25) is 0 Å². The average molecular weight is 276 g/mol. The molecule has 0 aliphatic heterocycles. The molecule has 4 heteroatoms. The minimum Gasteiger partial charge on any atom is -0.386 e. The van der Waals surface area contributed by atoms with Crippen molar-refractivity contribution in [2.75, 3.05) is 10.7 Å². The maximum Gasteiger partial charge on any atom is 0.101 e. The van der Waals surface area contributed by atoms with Gasteiger partial charge in [0.05, 0.1) is 0 Å². The molecule has 62 valence electrons. The summed E-state index contributed by atoms with van der Waals surface area (Å²) < 4.78 is 0. The Morgan fingerprint density at radius 3 is 1.30 bits per heavy atom. The van der Waals surface area contributed by atoms with Crippen molar-refractivity contribution in [3.8, 4) is 0 Å². The van der Waals surface area contributed by atoms with E-state index in [1.807, 2.05) is 0 Å². The van der Waals surface area contributed by atoms with Crippen LogP contribution in [0, 0.1) is 0 Å². The van der Waals surface area contributed by atoms with E-state index in [4.69, 9.17) is 0 Å². The molecule has 0 saturated carbocycles. The quantitative estimate of drug-likeness (QED) is 0.762. The van der Waals surface area contributed by atoms with E-state index in [0.29, 0.717) is 10.7 Å². The highest BCUT2D eigenvalue weighted by atomic mass is 79.9. The Morgan fingerprint density at radius 2 is 1.20 bits per heavy atom. The Balaban J connectivity index is 4.28. The Labute approximate surface area is 77.9 Å². The number of hydrogen-bond donors (Lipinski definition) is 2. The third kappa shape index (κ3) is 2.19. The third-order valence-electron chi connectivity index (χ3n) is 1.68. The second kappa shape index (κ2) is 3.52. The molecule has 0 heterocycles. The molecular formula is C6H12Br2O2. The van der Waals surface area contributed by atoms with Gasteiger partial charge < -0.3 is 10.2 Å². The van der Waals surface area contributed by atoms with Crippen molar-refractivity contribution in [2.24, 2.45) is 0 Å². The lowest BCUT2D eigenvalue weighted by molar-refractivity contribution is -0.0992. The smallest absolute Gasteiger partial charge is 0.101 e. The molecule has 0 saturated heterocycles. The number of aliphatic hydroxyl groups is 2. The summed E-state index contributed by atoms with van der Waals surface area (Å²) in [6, 6.07) is 0. The molecule has 0 spiro atoms. The van der Waals surface area contributed by atoms with Crippen LogP contribution in [-0.2, 0) is 0 Å². The van der Waals surface area contributed by atoms with Gasteiger partial charge in [-0.05, 0) is 13.8 Å². The molecule has 2 nitrogen and oxygen atoms in total. The average Bonchev–Trinajstić information content (AvgIpc) is 1.88. The zero-order valence-electron chi connectivity index (χ0n) is 6.06. The summed E-state index contributed by atoms with van der Waals surface area (Å²) in [6.45, 7) is 3.17. The van der Waals surface area contributed by atoms with Gasteiger partial charge in [0.1, 0.15) is 11.2 Å². The molecule has 2 N–H and O–H groups in total. The van der Waals surface area contributed by atoms with E-state index in [9.17, 15) is 10.2 Å². The van der Waals surface area contributed by atoms with Gasteiger partial charge in [0, 0.05) is 10.7 Å². The Bertz CT molecular complexity index is 98.3. The first-order chi connectivity index (χ1) is 4.37. The van der Waals surface area contributed by atoms with E-state index in [0.717, 1.165) is 0 Å². The summed E-state index contributed by atoms with van der Waals surface area (Å²) >= 11 is 6.23. The van der Waals surface area contributed by atoms with Gasteiger partial charge in [0.2, 0.25) is 0 Å². The van der Waals surface area contributed by atoms with Gasteiger partial charge in [-0.25, -0.2) is 0 Å². The van der Waals surface area contributed by atoms with E-state index in [2.05, 4.69) is 31.9 Å². The first-order valence-electron chi connectivity index (χ1n) is 2.94. The summed E-state index contributed by atoms with van der Waals surface area (Å²) in [5.41, 5.74) is -2.17. The van der Waals surface area contributed by atoms with Crippen molar-refractivity contribution in [2.45, 2.75) is 25.0 Å². The SMILES string of the molecule is C[C@@](O)(CBr)[C@](C)(O)CBr. The monoisotopic (exact) mass is 274 g/mol. The van der Waals surface area contributed by atoms with Crippen LogP contribution in [0.15, 0.2) is 0 Å². The molecule has 0 fully saturated rings. The molecule has 0 amide bonds. The third-order valence-corrected chi connectivity index (χ3v) is 3.86. The van der Waals surface area contributed by atoms with Crippen molar-refractivity contribution in [3.63, 3.8) is 0 Å². The Hall–Kier alpha value is 0.880. The fraction of sp³-hybridized carbons (Fsp3) is 1.00. The minimum atomic E-state index is -1.09. The predicted molar refractivity (Wildman–Crippen MR) is 48.8 cm³/mol. The Kier molecular flexibility index (Phi) is 3.83. The van der Waals surface area contributed by atoms with Crippen molar-refractivity contribution >= 4 is 31.9 Å². The van der Waals surface area contributed by atoms with Gasteiger partial charge in [-0.2, -0.15) is 0 Å². The molecule has 10 heavy (non-hydrogen) atoms. The van der Waals surface area contributed by atoms with Crippen LogP contribution in [0.1, 0.15) is 13.8 Å². The van der Waals surface area contributed by atoms with E-state index in [1.165, 1.54) is 0 Å². The van der Waals surface area contributed by atoms with Crippen LogP contribution in [0.3, 0.4) is 0 Å². The van der Waals surface area contributed by atoms with Crippen molar-refractivity contribution in [3.05, 3.63) is 0 Å². The molecule has 2 atom stereocenters. The molecule has 0 bridgehead atoms. The lowest BCUT2D eigenvalue weighted by Gasteiger charge is -2.35. The molecule has 0 radical (unpaired) electrons. The van der Waals surface area contributed by atoms with E-state index >= 15 is 0 Å². The summed E-state index contributed by atoms with van der Waals surface area (Å²) in [5.74, 6) is 0. The highest BCUT2D eigenvalue weighted by molar-refractivity contribution is 9.09. The van der Waals surface area contributed by atoms with Crippen LogP contribution in [0.25, 0.3) is 0 Å². The summed E-state index contributed by atoms with van der Waals surface area (Å²) in [4.78, 5) is 0. The molecule has 0 aliphatic carbocycles. The molecule has 0 aromatic carbocycles. The predicted octanol–water partition coefficient (Wildman–Crippen LogP) is 1.28. The maximum atomic E-state index is 9.52. The number of rotatable bonds is 3. The zero-order valence-corrected chi connectivity index (χ0v) is 9.24. The largest absolute Gasteiger partial charge is 0.386 e. The second-order valence-corrected chi connectivity index (χ2v) is 3.94. The first-order valence-corrected chi connectivity index (χ1v) is 5.18. The lowest BCUT2D eigenvalue weighted by atomic mass is 9.90. The summed E-state index contributed by atoms with van der Waals surface area (Å²) in [7, 11) is 0. The van der Waals surface area contributed by atoms with E-state index in [-0.39, 0.29) is 0 Å². The minimum absolute atomic E-state index is 0.360. The van der Waals surface area contributed by atoms with Crippen LogP contribution >= 0.6 is 31.9 Å². The van der Waals surface area contributed by atoms with Gasteiger partial charge in [0.15, 0.2) is 0 Å². The van der Waals surface area contributed by atoms with Crippen LogP contribution < -0.4 is 0 Å². The van der Waals surface area contributed by atoms with Crippen LogP contribution in [0.4, 0.5) is 0 Å². The molecule has 0 aromatic rings. The van der Waals surface area contributed by atoms with Gasteiger partial charge in [-0.1, -0.05) is 31.9 Å². The molecule has 0 aromatic heterocycles. The van der Waals surface area contributed by atoms with Crippen molar-refractivity contribution in [1.29, 1.82) is 0 Å². The standard InChI is InChI=1S/C6H12Br2O2/c1-5(9,3-7)6(2,10)4-8/h9-10H,3-4H2,1-2H3/t5-,6-/m1/s1. The number of hydrogen-bond acceptors (Lipinski definition) is 2. The summed E-state index contributed by atoms with van der Waals surface area (Å²) in [5, 5.41) is 19.8. The van der Waals surface area contributed by atoms with E-state index in [1.54, 1.807) is 13.8 Å². The topological polar surface area (TPSA) is 40.5 Å². The van der Waals surface area contributed by atoms with Crippen LogP contribution in [-0.4, -0.2) is 32.1 Å². The fourth-order valence-corrected chi connectivity index (χ4v) is 1.50. The van der Waals surface area contributed by atoms with Crippen molar-refractivity contribution in [1.82, 2.24) is 0 Å². The summed E-state index contributed by atoms with van der Waals surface area (Å²) in [6.07, 6.45) is 0. The maximum absolute atomic E-state index is 9.52. The van der Waals surface area contributed by atoms with Gasteiger partial charge >= 0.3 is 0 Å². The second-order valence-electron chi connectivity index (χ2n) is 2.81. The fourth-order valence-electron chi connectivity index (χ4n) is 0.288. The molecular weight excluding hydrogens is 264 g/mol. The normalized spacial score (nSPS) is 23.4. The molecule has 0 rings (SSSR count). The van der Waals surface area contributed by atoms with Gasteiger partial charge in [-0.15, -0.1) is 0 Å². The number of alkyl halides is 2. The van der Waals surface area contributed by atoms with Crippen LogP contribution in [0.5, 0.6) is 0 Å². The number of halogens is 2. The van der Waals surface area contributed by atoms with Gasteiger partial charge in [0.25, 0.3) is 0 Å².